The van der Waals surface area contributed by atoms with Gasteiger partial charge in [-0.1, -0.05) is 25.7 Å². The Morgan fingerprint density at radius 2 is 1.67 bits per heavy atom. The van der Waals surface area contributed by atoms with Gasteiger partial charge in [-0.05, 0) is 51.7 Å². The van der Waals surface area contributed by atoms with Crippen LogP contribution in [0.4, 0.5) is 0 Å². The van der Waals surface area contributed by atoms with Crippen molar-refractivity contribution in [2.24, 2.45) is 5.41 Å². The molecule has 1 unspecified atom stereocenters. The molecule has 0 aromatic rings. The molecule has 2 aliphatic heterocycles. The number of piperidine rings is 1. The van der Waals surface area contributed by atoms with Crippen molar-refractivity contribution in [3.05, 3.63) is 0 Å². The van der Waals surface area contributed by atoms with Crippen LogP contribution in [0, 0.1) is 5.41 Å². The maximum Gasteiger partial charge on any atom is 0.310 e. The average molecular weight is 294 g/mol. The largest absolute Gasteiger partial charge is 0.481 e. The normalized spacial score (nSPS) is 31.3. The lowest BCUT2D eigenvalue weighted by atomic mass is 9.73. The van der Waals surface area contributed by atoms with E-state index in [1.807, 2.05) is 0 Å². The lowest BCUT2D eigenvalue weighted by Crippen LogP contribution is -2.45. The van der Waals surface area contributed by atoms with Gasteiger partial charge in [0.05, 0.1) is 5.41 Å². The topological polar surface area (TPSA) is 43.8 Å². The fraction of sp³-hybridized carbons (Fsp3) is 0.941. The minimum Gasteiger partial charge on any atom is -0.481 e. The molecular formula is C17H30N2O2. The van der Waals surface area contributed by atoms with Crippen molar-refractivity contribution in [1.29, 1.82) is 0 Å². The van der Waals surface area contributed by atoms with Crippen molar-refractivity contribution in [3.8, 4) is 0 Å². The Morgan fingerprint density at radius 3 is 2.33 bits per heavy atom. The lowest BCUT2D eigenvalue weighted by molar-refractivity contribution is -0.152. The molecule has 120 valence electrons. The molecule has 4 nitrogen and oxygen atoms in total. The number of nitrogens with zero attached hydrogens (tertiary/aromatic N) is 2. The smallest absolute Gasteiger partial charge is 0.310 e. The zero-order valence-electron chi connectivity index (χ0n) is 13.2. The van der Waals surface area contributed by atoms with Gasteiger partial charge in [0, 0.05) is 19.1 Å². The summed E-state index contributed by atoms with van der Waals surface area (Å²) in [5.41, 5.74) is -0.449. The summed E-state index contributed by atoms with van der Waals surface area (Å²) in [6.45, 7) is 5.48. The van der Waals surface area contributed by atoms with Gasteiger partial charge in [-0.2, -0.15) is 0 Å². The van der Waals surface area contributed by atoms with Crippen LogP contribution in [0.15, 0.2) is 0 Å². The molecule has 0 radical (unpaired) electrons. The first-order valence-corrected chi connectivity index (χ1v) is 8.89. The van der Waals surface area contributed by atoms with Gasteiger partial charge in [-0.15, -0.1) is 0 Å². The molecule has 3 fully saturated rings. The van der Waals surface area contributed by atoms with Crippen molar-refractivity contribution < 1.29 is 9.90 Å². The van der Waals surface area contributed by atoms with E-state index >= 15 is 0 Å². The van der Waals surface area contributed by atoms with Crippen molar-refractivity contribution in [3.63, 3.8) is 0 Å². The van der Waals surface area contributed by atoms with Crippen LogP contribution in [0.1, 0.15) is 57.8 Å². The van der Waals surface area contributed by atoms with Crippen LogP contribution in [-0.2, 0) is 4.79 Å². The first kappa shape index (κ1) is 15.3. The second-order valence-electron chi connectivity index (χ2n) is 7.42. The van der Waals surface area contributed by atoms with Crippen molar-refractivity contribution in [2.45, 2.75) is 63.8 Å². The van der Waals surface area contributed by atoms with Gasteiger partial charge < -0.3 is 10.0 Å². The number of carboxylic acid groups (broad SMARTS) is 1. The molecule has 1 atom stereocenters. The second-order valence-corrected chi connectivity index (χ2v) is 7.42. The van der Waals surface area contributed by atoms with Crippen molar-refractivity contribution >= 4 is 5.97 Å². The van der Waals surface area contributed by atoms with Gasteiger partial charge in [0.25, 0.3) is 0 Å². The molecule has 0 amide bonds. The monoisotopic (exact) mass is 294 g/mol. The Balaban J connectivity index is 1.56. The standard InChI is InChI=1S/C17H30N2O2/c20-16(21)17(8-3-1-4-9-17)14-18-12-7-15(13-18)19-10-5-2-6-11-19/h15H,1-14H2,(H,20,21). The van der Waals surface area contributed by atoms with Crippen molar-refractivity contribution in [1.82, 2.24) is 9.80 Å². The molecule has 2 heterocycles. The highest BCUT2D eigenvalue weighted by atomic mass is 16.4. The number of hydrogen-bond acceptors (Lipinski definition) is 3. The minimum absolute atomic E-state index is 0.449. The predicted molar refractivity (Wildman–Crippen MR) is 83.4 cm³/mol. The van der Waals surface area contributed by atoms with Gasteiger partial charge in [0.1, 0.15) is 0 Å². The Hall–Kier alpha value is -0.610. The van der Waals surface area contributed by atoms with Gasteiger partial charge in [0.2, 0.25) is 0 Å². The first-order valence-electron chi connectivity index (χ1n) is 8.89. The van der Waals surface area contributed by atoms with Gasteiger partial charge >= 0.3 is 5.97 Å². The molecule has 0 aromatic heterocycles. The van der Waals surface area contributed by atoms with Gasteiger partial charge in [-0.3, -0.25) is 9.69 Å². The van der Waals surface area contributed by atoms with E-state index in [4.69, 9.17) is 0 Å². The number of rotatable bonds is 4. The molecule has 3 aliphatic rings. The molecule has 0 bridgehead atoms. The summed E-state index contributed by atoms with van der Waals surface area (Å²) in [5, 5.41) is 9.73. The number of hydrogen-bond donors (Lipinski definition) is 1. The zero-order chi connectivity index (χ0) is 14.7. The van der Waals surface area contributed by atoms with E-state index in [1.54, 1.807) is 0 Å². The maximum atomic E-state index is 11.8. The number of carboxylic acids is 1. The summed E-state index contributed by atoms with van der Waals surface area (Å²) in [5.74, 6) is -0.552. The molecule has 1 saturated carbocycles. The highest BCUT2D eigenvalue weighted by Gasteiger charge is 2.42. The lowest BCUT2D eigenvalue weighted by Gasteiger charge is -2.37. The van der Waals surface area contributed by atoms with Crippen molar-refractivity contribution in [2.75, 3.05) is 32.7 Å². The number of aliphatic carboxylic acids is 1. The zero-order valence-corrected chi connectivity index (χ0v) is 13.2. The van der Waals surface area contributed by atoms with E-state index < -0.39 is 11.4 Å². The fourth-order valence-corrected chi connectivity index (χ4v) is 4.63. The first-order chi connectivity index (χ1) is 10.2. The summed E-state index contributed by atoms with van der Waals surface area (Å²) in [4.78, 5) is 16.9. The third kappa shape index (κ3) is 3.42. The summed E-state index contributed by atoms with van der Waals surface area (Å²) in [6, 6.07) is 0.680. The fourth-order valence-electron chi connectivity index (χ4n) is 4.63. The van der Waals surface area contributed by atoms with E-state index in [-0.39, 0.29) is 0 Å². The summed E-state index contributed by atoms with van der Waals surface area (Å²) in [6.07, 6.45) is 10.5. The average Bonchev–Trinajstić information content (AvgIpc) is 2.97. The maximum absolute atomic E-state index is 11.8. The number of likely N-dealkylation sites (tertiary alicyclic amines) is 2. The number of carbonyl (C=O) groups is 1. The van der Waals surface area contributed by atoms with E-state index in [1.165, 1.54) is 45.2 Å². The van der Waals surface area contributed by atoms with Crippen LogP contribution in [-0.4, -0.2) is 59.6 Å². The van der Waals surface area contributed by atoms with E-state index in [0.717, 1.165) is 45.3 Å². The van der Waals surface area contributed by atoms with Crippen LogP contribution in [0.5, 0.6) is 0 Å². The van der Waals surface area contributed by atoms with Gasteiger partial charge in [0.15, 0.2) is 0 Å². The SMILES string of the molecule is O=C(O)C1(CN2CCC(N3CCCCC3)C2)CCCCC1. The van der Waals surface area contributed by atoms with Crippen LogP contribution in [0.25, 0.3) is 0 Å². The Morgan fingerprint density at radius 1 is 1.00 bits per heavy atom. The van der Waals surface area contributed by atoms with Crippen LogP contribution in [0.2, 0.25) is 0 Å². The molecule has 0 aromatic carbocycles. The summed E-state index contributed by atoms with van der Waals surface area (Å²) >= 11 is 0. The quantitative estimate of drug-likeness (QED) is 0.865. The van der Waals surface area contributed by atoms with Crippen LogP contribution in [0.3, 0.4) is 0 Å². The van der Waals surface area contributed by atoms with E-state index in [0.29, 0.717) is 6.04 Å². The molecule has 3 rings (SSSR count). The minimum atomic E-state index is -0.552. The van der Waals surface area contributed by atoms with E-state index in [9.17, 15) is 9.90 Å². The Bertz CT molecular complexity index is 360. The molecule has 1 N–H and O–H groups in total. The summed E-state index contributed by atoms with van der Waals surface area (Å²) < 4.78 is 0. The second kappa shape index (κ2) is 6.66. The van der Waals surface area contributed by atoms with Gasteiger partial charge in [-0.25, -0.2) is 0 Å². The third-order valence-electron chi connectivity index (χ3n) is 5.95. The summed E-state index contributed by atoms with van der Waals surface area (Å²) in [7, 11) is 0. The van der Waals surface area contributed by atoms with Crippen LogP contribution >= 0.6 is 0 Å². The molecule has 4 heteroatoms. The third-order valence-corrected chi connectivity index (χ3v) is 5.95. The molecule has 21 heavy (non-hydrogen) atoms. The molecule has 0 spiro atoms. The van der Waals surface area contributed by atoms with E-state index in [2.05, 4.69) is 9.80 Å². The molecule has 2 saturated heterocycles. The Labute approximate surface area is 128 Å². The molecular weight excluding hydrogens is 264 g/mol. The molecule has 1 aliphatic carbocycles. The van der Waals surface area contributed by atoms with Crippen LogP contribution < -0.4 is 0 Å². The Kier molecular flexibility index (Phi) is 4.85. The predicted octanol–water partition coefficient (Wildman–Crippen LogP) is 2.58. The highest BCUT2D eigenvalue weighted by molar-refractivity contribution is 5.75. The highest BCUT2D eigenvalue weighted by Crippen LogP contribution is 2.38.